The monoisotopic (exact) mass is 195 g/mol. The van der Waals surface area contributed by atoms with Gasteiger partial charge in [0.15, 0.2) is 0 Å². The lowest BCUT2D eigenvalue weighted by atomic mass is 10.0. The summed E-state index contributed by atoms with van der Waals surface area (Å²) in [5, 5.41) is 4.29. The summed E-state index contributed by atoms with van der Waals surface area (Å²) in [6.07, 6.45) is 0. The van der Waals surface area contributed by atoms with Gasteiger partial charge in [0.25, 0.3) is 0 Å². The Balaban J connectivity index is 3.10. The van der Waals surface area contributed by atoms with Crippen LogP contribution in [0.2, 0.25) is 0 Å². The van der Waals surface area contributed by atoms with Crippen LogP contribution in [0.25, 0.3) is 0 Å². The van der Waals surface area contributed by atoms with E-state index in [0.717, 1.165) is 11.4 Å². The Bertz CT molecular complexity index is 352. The quantitative estimate of drug-likeness (QED) is 0.785. The second-order valence-corrected chi connectivity index (χ2v) is 3.86. The average Bonchev–Trinajstić information content (AvgIpc) is 2.25. The van der Waals surface area contributed by atoms with E-state index >= 15 is 0 Å². The van der Waals surface area contributed by atoms with Gasteiger partial charge in [-0.1, -0.05) is 13.8 Å². The first-order valence-corrected chi connectivity index (χ1v) is 4.75. The van der Waals surface area contributed by atoms with E-state index < -0.39 is 0 Å². The Hall–Kier alpha value is -1.32. The highest BCUT2D eigenvalue weighted by molar-refractivity contribution is 5.73. The number of aromatic nitrogens is 2. The topological polar surface area (TPSA) is 60.9 Å². The van der Waals surface area contributed by atoms with Crippen molar-refractivity contribution in [3.8, 4) is 0 Å². The van der Waals surface area contributed by atoms with Gasteiger partial charge in [0.1, 0.15) is 6.54 Å². The maximum atomic E-state index is 10.8. The van der Waals surface area contributed by atoms with Crippen molar-refractivity contribution in [1.82, 2.24) is 9.78 Å². The van der Waals surface area contributed by atoms with Gasteiger partial charge in [0.05, 0.1) is 5.69 Å². The number of nitrogens with two attached hydrogens (primary N) is 1. The number of hydrogen-bond donors (Lipinski definition) is 1. The molecule has 78 valence electrons. The van der Waals surface area contributed by atoms with Gasteiger partial charge in [-0.3, -0.25) is 9.48 Å². The van der Waals surface area contributed by atoms with Crippen LogP contribution in [0.3, 0.4) is 0 Å². The fourth-order valence-electron chi connectivity index (χ4n) is 1.85. The van der Waals surface area contributed by atoms with Gasteiger partial charge in [-0.2, -0.15) is 5.10 Å². The van der Waals surface area contributed by atoms with Gasteiger partial charge in [-0.05, 0) is 25.3 Å². The van der Waals surface area contributed by atoms with Crippen LogP contribution in [0.4, 0.5) is 0 Å². The van der Waals surface area contributed by atoms with Crippen molar-refractivity contribution in [2.45, 2.75) is 40.2 Å². The van der Waals surface area contributed by atoms with Crippen molar-refractivity contribution < 1.29 is 4.79 Å². The van der Waals surface area contributed by atoms with Gasteiger partial charge in [0.2, 0.25) is 5.91 Å². The summed E-state index contributed by atoms with van der Waals surface area (Å²) in [5.41, 5.74) is 8.37. The molecule has 0 radical (unpaired) electrons. The SMILES string of the molecule is Cc1nn(CC(N)=O)c(C)c1C(C)C. The molecule has 14 heavy (non-hydrogen) atoms. The summed E-state index contributed by atoms with van der Waals surface area (Å²) >= 11 is 0. The zero-order valence-corrected chi connectivity index (χ0v) is 9.16. The van der Waals surface area contributed by atoms with Crippen LogP contribution in [0.15, 0.2) is 0 Å². The van der Waals surface area contributed by atoms with Crippen molar-refractivity contribution in [3.05, 3.63) is 17.0 Å². The molecule has 4 nitrogen and oxygen atoms in total. The first-order chi connectivity index (χ1) is 6.43. The largest absolute Gasteiger partial charge is 0.368 e. The lowest BCUT2D eigenvalue weighted by Crippen LogP contribution is -2.20. The second-order valence-electron chi connectivity index (χ2n) is 3.86. The first-order valence-electron chi connectivity index (χ1n) is 4.75. The van der Waals surface area contributed by atoms with Crippen molar-refractivity contribution in [2.75, 3.05) is 0 Å². The number of hydrogen-bond acceptors (Lipinski definition) is 2. The van der Waals surface area contributed by atoms with Crippen LogP contribution in [0, 0.1) is 13.8 Å². The number of carbonyl (C=O) groups excluding carboxylic acids is 1. The number of aryl methyl sites for hydroxylation is 1. The minimum absolute atomic E-state index is 0.166. The zero-order valence-electron chi connectivity index (χ0n) is 9.16. The van der Waals surface area contributed by atoms with E-state index in [1.54, 1.807) is 4.68 Å². The van der Waals surface area contributed by atoms with Gasteiger partial charge in [-0.25, -0.2) is 0 Å². The Kier molecular flexibility index (Phi) is 2.93. The average molecular weight is 195 g/mol. The predicted octanol–water partition coefficient (Wildman–Crippen LogP) is 1.11. The van der Waals surface area contributed by atoms with E-state index in [9.17, 15) is 4.79 Å². The van der Waals surface area contributed by atoms with Crippen LogP contribution in [-0.2, 0) is 11.3 Å². The standard InChI is InChI=1S/C10H17N3O/c1-6(2)10-7(3)12-13(8(10)4)5-9(11)14/h6H,5H2,1-4H3,(H2,11,14). The molecular formula is C10H17N3O. The molecule has 0 saturated carbocycles. The lowest BCUT2D eigenvalue weighted by Gasteiger charge is -2.05. The number of carbonyl (C=O) groups is 1. The van der Waals surface area contributed by atoms with E-state index in [1.165, 1.54) is 5.56 Å². The molecule has 0 aliphatic heterocycles. The summed E-state index contributed by atoms with van der Waals surface area (Å²) in [6, 6.07) is 0. The van der Waals surface area contributed by atoms with Crippen molar-refractivity contribution in [2.24, 2.45) is 5.73 Å². The van der Waals surface area contributed by atoms with Crippen molar-refractivity contribution in [3.63, 3.8) is 0 Å². The minimum Gasteiger partial charge on any atom is -0.368 e. The number of rotatable bonds is 3. The van der Waals surface area contributed by atoms with Gasteiger partial charge in [-0.15, -0.1) is 0 Å². The molecule has 1 heterocycles. The van der Waals surface area contributed by atoms with Crippen LogP contribution >= 0.6 is 0 Å². The normalized spacial score (nSPS) is 10.9. The molecule has 0 aliphatic carbocycles. The molecule has 1 amide bonds. The molecule has 0 unspecified atom stereocenters. The predicted molar refractivity (Wildman–Crippen MR) is 55.0 cm³/mol. The van der Waals surface area contributed by atoms with Gasteiger partial charge in [0, 0.05) is 5.69 Å². The molecule has 0 bridgehead atoms. The van der Waals surface area contributed by atoms with E-state index in [4.69, 9.17) is 5.73 Å². The van der Waals surface area contributed by atoms with Crippen molar-refractivity contribution >= 4 is 5.91 Å². The fraction of sp³-hybridized carbons (Fsp3) is 0.600. The van der Waals surface area contributed by atoms with E-state index in [2.05, 4.69) is 18.9 Å². The van der Waals surface area contributed by atoms with E-state index in [1.807, 2.05) is 13.8 Å². The summed E-state index contributed by atoms with van der Waals surface area (Å²) in [6.45, 7) is 8.33. The smallest absolute Gasteiger partial charge is 0.239 e. The Morgan fingerprint density at radius 2 is 2.07 bits per heavy atom. The Morgan fingerprint density at radius 3 is 2.43 bits per heavy atom. The molecule has 0 aliphatic rings. The molecule has 0 spiro atoms. The molecule has 4 heteroatoms. The highest BCUT2D eigenvalue weighted by atomic mass is 16.1. The second kappa shape index (κ2) is 3.82. The molecule has 1 rings (SSSR count). The summed E-state index contributed by atoms with van der Waals surface area (Å²) < 4.78 is 1.67. The van der Waals surface area contributed by atoms with Gasteiger partial charge < -0.3 is 5.73 Å². The maximum Gasteiger partial charge on any atom is 0.239 e. The molecule has 0 aromatic carbocycles. The number of nitrogens with zero attached hydrogens (tertiary/aromatic N) is 2. The maximum absolute atomic E-state index is 10.8. The van der Waals surface area contributed by atoms with E-state index in [0.29, 0.717) is 5.92 Å². The Morgan fingerprint density at radius 1 is 1.50 bits per heavy atom. The molecule has 1 aromatic heterocycles. The summed E-state index contributed by atoms with van der Waals surface area (Å²) in [4.78, 5) is 10.8. The molecular weight excluding hydrogens is 178 g/mol. The third-order valence-electron chi connectivity index (χ3n) is 2.32. The van der Waals surface area contributed by atoms with Gasteiger partial charge >= 0.3 is 0 Å². The van der Waals surface area contributed by atoms with Crippen LogP contribution in [-0.4, -0.2) is 15.7 Å². The van der Waals surface area contributed by atoms with Crippen LogP contribution in [0.1, 0.15) is 36.7 Å². The highest BCUT2D eigenvalue weighted by Crippen LogP contribution is 2.22. The molecule has 2 N–H and O–H groups in total. The van der Waals surface area contributed by atoms with Crippen LogP contribution in [0.5, 0.6) is 0 Å². The molecule has 0 saturated heterocycles. The molecule has 0 atom stereocenters. The first kappa shape index (κ1) is 10.8. The third kappa shape index (κ3) is 1.95. The number of primary amides is 1. The minimum atomic E-state index is -0.356. The molecule has 1 aromatic rings. The lowest BCUT2D eigenvalue weighted by molar-refractivity contribution is -0.118. The Labute approximate surface area is 84.1 Å². The zero-order chi connectivity index (χ0) is 10.9. The highest BCUT2D eigenvalue weighted by Gasteiger charge is 2.14. The van der Waals surface area contributed by atoms with E-state index in [-0.39, 0.29) is 12.5 Å². The van der Waals surface area contributed by atoms with Crippen molar-refractivity contribution in [1.29, 1.82) is 0 Å². The summed E-state index contributed by atoms with van der Waals surface area (Å²) in [5.74, 6) is 0.0718. The molecule has 0 fully saturated rings. The van der Waals surface area contributed by atoms with Crippen LogP contribution < -0.4 is 5.73 Å². The third-order valence-corrected chi connectivity index (χ3v) is 2.32. The summed E-state index contributed by atoms with van der Waals surface area (Å²) in [7, 11) is 0. The number of amides is 1. The fourth-order valence-corrected chi connectivity index (χ4v) is 1.85.